The van der Waals surface area contributed by atoms with Crippen LogP contribution in [0, 0.1) is 0 Å². The van der Waals surface area contributed by atoms with Gasteiger partial charge in [-0.2, -0.15) is 16.4 Å². The van der Waals surface area contributed by atoms with Gasteiger partial charge in [0.1, 0.15) is 23.4 Å². The number of benzene rings is 1. The number of carbonyl (C=O) groups is 1. The second kappa shape index (κ2) is 6.34. The number of thiazole rings is 1. The zero-order valence-corrected chi connectivity index (χ0v) is 13.9. The quantitative estimate of drug-likeness (QED) is 0.607. The molecule has 0 radical (unpaired) electrons. The first kappa shape index (κ1) is 14.7. The van der Waals surface area contributed by atoms with Crippen molar-refractivity contribution in [2.24, 2.45) is 0 Å². The molecule has 0 unspecified atom stereocenters. The number of thiophene rings is 1. The first-order chi connectivity index (χ1) is 11.8. The summed E-state index contributed by atoms with van der Waals surface area (Å²) in [6.45, 7) is 0. The Kier molecular flexibility index (Phi) is 3.89. The molecular formula is C16H11N5OS2. The summed E-state index contributed by atoms with van der Waals surface area (Å²) in [6.07, 6.45) is 3.04. The first-order valence-electron chi connectivity index (χ1n) is 7.05. The van der Waals surface area contributed by atoms with Crippen LogP contribution in [0.3, 0.4) is 0 Å². The number of amides is 1. The van der Waals surface area contributed by atoms with Gasteiger partial charge in [-0.3, -0.25) is 4.79 Å². The van der Waals surface area contributed by atoms with Crippen molar-refractivity contribution >= 4 is 34.3 Å². The Morgan fingerprint density at radius 3 is 2.88 bits per heavy atom. The second-order valence-corrected chi connectivity index (χ2v) is 6.50. The third-order valence-electron chi connectivity index (χ3n) is 3.32. The minimum Gasteiger partial charge on any atom is -0.319 e. The third-order valence-corrected chi connectivity index (χ3v) is 4.90. The van der Waals surface area contributed by atoms with Crippen molar-refractivity contribution in [1.29, 1.82) is 0 Å². The van der Waals surface area contributed by atoms with Gasteiger partial charge < -0.3 is 5.32 Å². The molecule has 1 aromatic carbocycles. The molecule has 0 saturated carbocycles. The fourth-order valence-electron chi connectivity index (χ4n) is 2.19. The molecule has 0 bridgehead atoms. The van der Waals surface area contributed by atoms with Gasteiger partial charge in [-0.05, 0) is 23.6 Å². The lowest BCUT2D eigenvalue weighted by Crippen LogP contribution is -2.14. The first-order valence-corrected chi connectivity index (χ1v) is 8.87. The SMILES string of the molecule is O=C(Nc1ccccc1-n1cncn1)c1csc(-c2ccsc2)n1. The molecule has 0 fully saturated rings. The van der Waals surface area contributed by atoms with Crippen molar-refractivity contribution in [3.63, 3.8) is 0 Å². The van der Waals surface area contributed by atoms with Gasteiger partial charge >= 0.3 is 0 Å². The highest BCUT2D eigenvalue weighted by Gasteiger charge is 2.14. The fourth-order valence-corrected chi connectivity index (χ4v) is 3.71. The van der Waals surface area contributed by atoms with Crippen molar-refractivity contribution in [2.45, 2.75) is 0 Å². The Bertz CT molecular complexity index is 960. The Balaban J connectivity index is 1.59. The zero-order chi connectivity index (χ0) is 16.4. The number of para-hydroxylation sites is 2. The summed E-state index contributed by atoms with van der Waals surface area (Å²) in [5, 5.41) is 13.6. The number of anilines is 1. The van der Waals surface area contributed by atoms with Crippen LogP contribution in [0.15, 0.2) is 59.1 Å². The van der Waals surface area contributed by atoms with Gasteiger partial charge in [0.15, 0.2) is 0 Å². The van der Waals surface area contributed by atoms with Crippen molar-refractivity contribution in [3.8, 4) is 16.3 Å². The average molecular weight is 353 g/mol. The van der Waals surface area contributed by atoms with Crippen molar-refractivity contribution in [2.75, 3.05) is 5.32 Å². The number of aromatic nitrogens is 4. The molecule has 0 aliphatic rings. The van der Waals surface area contributed by atoms with Crippen molar-refractivity contribution in [1.82, 2.24) is 19.7 Å². The molecule has 6 nitrogen and oxygen atoms in total. The number of nitrogens with zero attached hydrogens (tertiary/aromatic N) is 4. The lowest BCUT2D eigenvalue weighted by atomic mass is 10.2. The number of carbonyl (C=O) groups excluding carboxylic acids is 1. The van der Waals surface area contributed by atoms with Gasteiger partial charge in [0.2, 0.25) is 0 Å². The van der Waals surface area contributed by atoms with E-state index in [-0.39, 0.29) is 5.91 Å². The van der Waals surface area contributed by atoms with Crippen molar-refractivity contribution < 1.29 is 4.79 Å². The van der Waals surface area contributed by atoms with Crippen LogP contribution in [0.5, 0.6) is 0 Å². The molecule has 0 atom stereocenters. The standard InChI is InChI=1S/C16H11N5OS2/c22-15(13-8-24-16(20-13)11-5-6-23-7-11)19-12-3-1-2-4-14(12)21-10-17-9-18-21/h1-10H,(H,19,22). The molecule has 1 amide bonds. The van der Waals surface area contributed by atoms with E-state index in [4.69, 9.17) is 0 Å². The summed E-state index contributed by atoms with van der Waals surface area (Å²) < 4.78 is 1.60. The maximum atomic E-state index is 12.5. The Hall–Kier alpha value is -2.84. The maximum absolute atomic E-state index is 12.5. The van der Waals surface area contributed by atoms with E-state index >= 15 is 0 Å². The lowest BCUT2D eigenvalue weighted by molar-refractivity contribution is 0.102. The minimum absolute atomic E-state index is 0.250. The van der Waals surface area contributed by atoms with Gasteiger partial charge in [-0.1, -0.05) is 12.1 Å². The van der Waals surface area contributed by atoms with Crippen LogP contribution in [0.1, 0.15) is 10.5 Å². The Morgan fingerprint density at radius 1 is 1.17 bits per heavy atom. The molecule has 24 heavy (non-hydrogen) atoms. The van der Waals surface area contributed by atoms with E-state index in [0.717, 1.165) is 16.3 Å². The van der Waals surface area contributed by atoms with E-state index in [2.05, 4.69) is 20.4 Å². The average Bonchev–Trinajstić information content (AvgIpc) is 3.35. The van der Waals surface area contributed by atoms with Gasteiger partial charge in [0.05, 0.1) is 11.4 Å². The molecule has 1 N–H and O–H groups in total. The lowest BCUT2D eigenvalue weighted by Gasteiger charge is -2.09. The van der Waals surface area contributed by atoms with Gasteiger partial charge in [0, 0.05) is 16.3 Å². The minimum atomic E-state index is -0.250. The molecule has 8 heteroatoms. The molecule has 118 valence electrons. The summed E-state index contributed by atoms with van der Waals surface area (Å²) in [4.78, 5) is 20.9. The molecular weight excluding hydrogens is 342 g/mol. The van der Waals surface area contributed by atoms with Crippen LogP contribution in [0.25, 0.3) is 16.3 Å². The van der Waals surface area contributed by atoms with E-state index in [0.29, 0.717) is 11.4 Å². The van der Waals surface area contributed by atoms with Crippen LogP contribution in [-0.2, 0) is 0 Å². The molecule has 0 spiro atoms. The Labute approximate surface area is 145 Å². The predicted molar refractivity (Wildman–Crippen MR) is 94.7 cm³/mol. The van der Waals surface area contributed by atoms with Crippen LogP contribution < -0.4 is 5.32 Å². The summed E-state index contributed by atoms with van der Waals surface area (Å²) in [5.74, 6) is -0.250. The highest BCUT2D eigenvalue weighted by atomic mass is 32.1. The summed E-state index contributed by atoms with van der Waals surface area (Å²) in [7, 11) is 0. The highest BCUT2D eigenvalue weighted by Crippen LogP contribution is 2.26. The molecule has 3 heterocycles. The monoisotopic (exact) mass is 353 g/mol. The van der Waals surface area contributed by atoms with Crippen molar-refractivity contribution in [3.05, 3.63) is 64.8 Å². The van der Waals surface area contributed by atoms with Crippen LogP contribution in [0.2, 0.25) is 0 Å². The van der Waals surface area contributed by atoms with Gasteiger partial charge in [-0.15, -0.1) is 11.3 Å². The summed E-state index contributed by atoms with van der Waals surface area (Å²) in [6, 6.07) is 9.41. The second-order valence-electron chi connectivity index (χ2n) is 4.86. The van der Waals surface area contributed by atoms with E-state index in [1.807, 2.05) is 41.1 Å². The number of hydrogen-bond donors (Lipinski definition) is 1. The molecule has 0 aliphatic carbocycles. The topological polar surface area (TPSA) is 72.7 Å². The van der Waals surface area contributed by atoms with E-state index in [1.54, 1.807) is 27.7 Å². The van der Waals surface area contributed by atoms with E-state index < -0.39 is 0 Å². The Morgan fingerprint density at radius 2 is 2.08 bits per heavy atom. The van der Waals surface area contributed by atoms with Crippen LogP contribution in [-0.4, -0.2) is 25.7 Å². The smallest absolute Gasteiger partial charge is 0.275 e. The summed E-state index contributed by atoms with van der Waals surface area (Å²) >= 11 is 3.06. The number of nitrogens with one attached hydrogen (secondary N) is 1. The molecule has 3 aromatic heterocycles. The van der Waals surface area contributed by atoms with Crippen LogP contribution >= 0.6 is 22.7 Å². The van der Waals surface area contributed by atoms with Gasteiger partial charge in [0.25, 0.3) is 5.91 Å². The van der Waals surface area contributed by atoms with E-state index in [9.17, 15) is 4.79 Å². The predicted octanol–water partition coefficient (Wildman–Crippen LogP) is 3.70. The molecule has 0 aliphatic heterocycles. The molecule has 4 rings (SSSR count). The third kappa shape index (κ3) is 2.84. The zero-order valence-electron chi connectivity index (χ0n) is 12.3. The highest BCUT2D eigenvalue weighted by molar-refractivity contribution is 7.14. The van der Waals surface area contributed by atoms with E-state index in [1.165, 1.54) is 17.7 Å². The number of hydrogen-bond acceptors (Lipinski definition) is 6. The van der Waals surface area contributed by atoms with Crippen LogP contribution in [0.4, 0.5) is 5.69 Å². The summed E-state index contributed by atoms with van der Waals surface area (Å²) in [5.41, 5.74) is 2.83. The maximum Gasteiger partial charge on any atom is 0.275 e. The molecule has 0 saturated heterocycles. The normalized spacial score (nSPS) is 10.7. The largest absolute Gasteiger partial charge is 0.319 e. The fraction of sp³-hybridized carbons (Fsp3) is 0. The van der Waals surface area contributed by atoms with Gasteiger partial charge in [-0.25, -0.2) is 14.6 Å². The number of rotatable bonds is 4. The molecule has 4 aromatic rings.